The van der Waals surface area contributed by atoms with Crippen molar-refractivity contribution in [1.29, 1.82) is 5.41 Å². The second-order valence-electron chi connectivity index (χ2n) is 9.02. The predicted molar refractivity (Wildman–Crippen MR) is 225 cm³/mol. The number of hydrazone groups is 1. The molecule has 0 heterocycles. The van der Waals surface area contributed by atoms with E-state index in [2.05, 4.69) is 81.9 Å². The van der Waals surface area contributed by atoms with E-state index < -0.39 is 0 Å². The molecule has 0 aromatic rings. The number of guanidine groups is 4. The fraction of sp³-hybridized carbons (Fsp3) is 0.360. The molecule has 0 rings (SSSR count). The molecule has 0 bridgehead atoms. The zero-order valence-corrected chi connectivity index (χ0v) is 30.4. The van der Waals surface area contributed by atoms with Crippen molar-refractivity contribution in [1.82, 2.24) is 5.43 Å². The van der Waals surface area contributed by atoms with E-state index in [1.807, 2.05) is 0 Å². The van der Waals surface area contributed by atoms with Crippen molar-refractivity contribution >= 4 is 94.9 Å². The first-order valence-electron chi connectivity index (χ1n) is 13.9. The molecule has 0 aromatic carbocycles. The van der Waals surface area contributed by atoms with Crippen LogP contribution in [-0.4, -0.2) is 94.9 Å². The smallest absolute Gasteiger partial charge is 0.211 e. The highest BCUT2D eigenvalue weighted by molar-refractivity contribution is 6.30. The van der Waals surface area contributed by atoms with Crippen LogP contribution >= 0.6 is 0 Å². The summed E-state index contributed by atoms with van der Waals surface area (Å²) in [5.74, 6) is 0.918. The number of amidine groups is 4. The lowest BCUT2D eigenvalue weighted by Crippen LogP contribution is -2.22. The summed E-state index contributed by atoms with van der Waals surface area (Å²) in [6, 6.07) is 0. The standard InChI is InChI=1S/4C6H13N7.CH4/c4*1-4(11-13-6(8)9)3-10-12-5(2)7;/h4*3H,1-2H3,(H2,7,12)(H4,8,9,13);1H4/b10-3-,11-4+;3*10-3-,11-4-;. The van der Waals surface area contributed by atoms with E-state index in [4.69, 9.17) is 68.5 Å². The molecule has 0 amide bonds. The zero-order valence-electron chi connectivity index (χ0n) is 30.4. The first-order chi connectivity index (χ1) is 24.1. The fourth-order valence-electron chi connectivity index (χ4n) is 1.48. The Morgan fingerprint density at radius 1 is 0.377 bits per heavy atom. The highest BCUT2D eigenvalue weighted by atomic mass is 15.3. The van der Waals surface area contributed by atoms with Crippen molar-refractivity contribution in [3.8, 4) is 0 Å². The Kier molecular flexibility index (Phi) is 36.8. The number of nitrogens with two attached hydrogens (primary N) is 11. The SMILES string of the molecule is C.CC(=N)N/N=C\C(C)=N/N=C(N)N.CC(N)=N/N=C\C(C)=N/N=C(N)N.CC(N)=N/N=C\C(C)=N/N=C(N)N.CC(N)=N/N=C\C(C)=N\N=C(N)N. The lowest BCUT2D eigenvalue weighted by atomic mass is 10.5. The topological polar surface area (TPSA) is 508 Å². The maximum Gasteiger partial charge on any atom is 0.211 e. The molecular formula is C25H56N28. The summed E-state index contributed by atoms with van der Waals surface area (Å²) in [4.78, 5) is 0. The van der Waals surface area contributed by atoms with Crippen LogP contribution < -0.4 is 68.5 Å². The van der Waals surface area contributed by atoms with Gasteiger partial charge < -0.3 is 63.1 Å². The van der Waals surface area contributed by atoms with Crippen LogP contribution in [0, 0.1) is 5.41 Å². The lowest BCUT2D eigenvalue weighted by molar-refractivity contribution is 1.01. The zero-order chi connectivity index (χ0) is 41.1. The van der Waals surface area contributed by atoms with Crippen LogP contribution in [0.25, 0.3) is 0 Å². The van der Waals surface area contributed by atoms with Gasteiger partial charge in [0.1, 0.15) is 23.3 Å². The van der Waals surface area contributed by atoms with Crippen molar-refractivity contribution in [3.63, 3.8) is 0 Å². The van der Waals surface area contributed by atoms with E-state index in [1.165, 1.54) is 24.9 Å². The molecule has 28 heteroatoms. The van der Waals surface area contributed by atoms with Gasteiger partial charge >= 0.3 is 0 Å². The van der Waals surface area contributed by atoms with Crippen LogP contribution in [-0.2, 0) is 0 Å². The molecule has 0 aromatic heterocycles. The molecule has 53 heavy (non-hydrogen) atoms. The third-order valence-electron chi connectivity index (χ3n) is 3.16. The summed E-state index contributed by atoms with van der Waals surface area (Å²) >= 11 is 0. The molecule has 0 aliphatic rings. The van der Waals surface area contributed by atoms with Gasteiger partial charge in [-0.3, -0.25) is 10.8 Å². The average Bonchev–Trinajstić information content (AvgIpc) is 3.01. The molecule has 28 nitrogen and oxygen atoms in total. The summed E-state index contributed by atoms with van der Waals surface area (Å²) in [6.45, 7) is 13.2. The van der Waals surface area contributed by atoms with Crippen molar-refractivity contribution in [2.45, 2.75) is 62.8 Å². The van der Waals surface area contributed by atoms with E-state index in [-0.39, 0.29) is 37.1 Å². The molecule has 0 saturated heterocycles. The van der Waals surface area contributed by atoms with E-state index in [0.29, 0.717) is 40.4 Å². The van der Waals surface area contributed by atoms with Crippen LogP contribution in [0.4, 0.5) is 0 Å². The Morgan fingerprint density at radius 3 is 0.792 bits per heavy atom. The van der Waals surface area contributed by atoms with Crippen LogP contribution in [0.2, 0.25) is 0 Å². The van der Waals surface area contributed by atoms with E-state index in [0.717, 1.165) is 0 Å². The normalized spacial score (nSPS) is 12.6. The van der Waals surface area contributed by atoms with Crippen LogP contribution in [0.3, 0.4) is 0 Å². The van der Waals surface area contributed by atoms with Crippen molar-refractivity contribution < 1.29 is 0 Å². The summed E-state index contributed by atoms with van der Waals surface area (Å²) < 4.78 is 0. The Hall–Kier alpha value is -7.68. The van der Waals surface area contributed by atoms with Gasteiger partial charge in [-0.2, -0.15) is 40.8 Å². The predicted octanol–water partition coefficient (Wildman–Crippen LogP) is -3.16. The number of nitrogens with one attached hydrogen (secondary N) is 2. The maximum absolute atomic E-state index is 6.98. The number of hydrogen-bond acceptors (Lipinski definition) is 16. The summed E-state index contributed by atoms with van der Waals surface area (Å²) in [5.41, 5.74) is 60.6. The van der Waals surface area contributed by atoms with E-state index >= 15 is 0 Å². The molecule has 296 valence electrons. The first-order valence-corrected chi connectivity index (χ1v) is 13.9. The van der Waals surface area contributed by atoms with Gasteiger partial charge in [-0.05, 0) is 55.4 Å². The third-order valence-corrected chi connectivity index (χ3v) is 3.16. The monoisotopic (exact) mass is 749 g/mol. The molecule has 24 N–H and O–H groups in total. The highest BCUT2D eigenvalue weighted by Crippen LogP contribution is 1.80. The van der Waals surface area contributed by atoms with Crippen LogP contribution in [0.1, 0.15) is 62.8 Å². The van der Waals surface area contributed by atoms with Gasteiger partial charge in [-0.25, -0.2) is 0 Å². The van der Waals surface area contributed by atoms with Gasteiger partial charge in [0.2, 0.25) is 23.8 Å². The molecule has 0 aliphatic carbocycles. The van der Waals surface area contributed by atoms with Crippen molar-refractivity contribution in [2.75, 3.05) is 0 Å². The minimum absolute atomic E-state index is 0. The lowest BCUT2D eigenvalue weighted by Gasteiger charge is -1.92. The third kappa shape index (κ3) is 60.2. The van der Waals surface area contributed by atoms with Crippen molar-refractivity contribution in [2.24, 2.45) is 140 Å². The molecule has 0 atom stereocenters. The Morgan fingerprint density at radius 2 is 0.604 bits per heavy atom. The van der Waals surface area contributed by atoms with Gasteiger partial charge in [-0.15, -0.1) is 35.7 Å². The second-order valence-corrected chi connectivity index (χ2v) is 9.02. The van der Waals surface area contributed by atoms with Crippen LogP contribution in [0.5, 0.6) is 0 Å². The molecular weight excluding hydrogens is 692 g/mol. The molecule has 0 spiro atoms. The van der Waals surface area contributed by atoms with Crippen molar-refractivity contribution in [3.05, 3.63) is 0 Å². The molecule has 0 fully saturated rings. The maximum atomic E-state index is 6.98. The second kappa shape index (κ2) is 35.6. The summed E-state index contributed by atoms with van der Waals surface area (Å²) in [7, 11) is 0. The molecule has 0 aliphatic heterocycles. The van der Waals surface area contributed by atoms with E-state index in [9.17, 15) is 0 Å². The summed E-state index contributed by atoms with van der Waals surface area (Å²) in [6.07, 6.45) is 5.58. The minimum atomic E-state index is -0.107. The molecule has 0 saturated carbocycles. The first kappa shape index (κ1) is 54.8. The number of nitrogens with zero attached hydrogens (tertiary/aromatic N) is 15. The van der Waals surface area contributed by atoms with Gasteiger partial charge in [-0.1, -0.05) is 7.43 Å². The number of rotatable bonds is 12. The van der Waals surface area contributed by atoms with E-state index in [1.54, 1.807) is 55.4 Å². The van der Waals surface area contributed by atoms with Gasteiger partial charge in [0, 0.05) is 0 Å². The Balaban J connectivity index is -0.000000192. The Labute approximate surface area is 308 Å². The van der Waals surface area contributed by atoms with Gasteiger partial charge in [0.05, 0.1) is 47.7 Å². The molecule has 0 radical (unpaired) electrons. The average molecular weight is 749 g/mol. The summed E-state index contributed by atoms with van der Waals surface area (Å²) in [5, 5.41) is 60.3. The number of hydrogen-bond donors (Lipinski definition) is 13. The van der Waals surface area contributed by atoms with Gasteiger partial charge in [0.15, 0.2) is 0 Å². The fourth-order valence-corrected chi connectivity index (χ4v) is 1.48. The highest BCUT2D eigenvalue weighted by Gasteiger charge is 1.86. The quantitative estimate of drug-likeness (QED) is 0.0534. The van der Waals surface area contributed by atoms with Gasteiger partial charge in [0.25, 0.3) is 0 Å². The van der Waals surface area contributed by atoms with Crippen LogP contribution in [0.15, 0.2) is 76.5 Å². The largest absolute Gasteiger partial charge is 0.386 e. The Bertz CT molecular complexity index is 1380. The molecule has 0 unspecified atom stereocenters. The minimum Gasteiger partial charge on any atom is -0.386 e.